The Labute approximate surface area is 329 Å². The van der Waals surface area contributed by atoms with Gasteiger partial charge in [0.1, 0.15) is 33.5 Å². The number of rotatable bonds is 4. The lowest BCUT2D eigenvalue weighted by atomic mass is 10.0. The van der Waals surface area contributed by atoms with Gasteiger partial charge in [0.2, 0.25) is 5.95 Å². The van der Waals surface area contributed by atoms with Crippen LogP contribution in [0, 0.1) is 0 Å². The quantitative estimate of drug-likeness (QED) is 0.178. The van der Waals surface area contributed by atoms with Crippen LogP contribution in [0.1, 0.15) is 0 Å². The van der Waals surface area contributed by atoms with Crippen LogP contribution in [-0.2, 0) is 0 Å². The number of hydrogen-bond acceptors (Lipinski definition) is 6. The second-order valence-electron chi connectivity index (χ2n) is 14.8. The van der Waals surface area contributed by atoms with E-state index in [1.165, 1.54) is 0 Å². The fourth-order valence-electron chi connectivity index (χ4n) is 8.77. The molecule has 5 heterocycles. The summed E-state index contributed by atoms with van der Waals surface area (Å²) in [7, 11) is 0. The third-order valence-electron chi connectivity index (χ3n) is 11.5. The molecule has 0 saturated heterocycles. The Bertz CT molecular complexity index is 3830. The van der Waals surface area contributed by atoms with Gasteiger partial charge < -0.3 is 13.3 Å². The minimum absolute atomic E-state index is 0.505. The van der Waals surface area contributed by atoms with Gasteiger partial charge in [-0.05, 0) is 77.9 Å². The number of para-hydroxylation sites is 5. The summed E-state index contributed by atoms with van der Waals surface area (Å²) in [6, 6.07) is 58.2. The van der Waals surface area contributed by atoms with Gasteiger partial charge in [-0.25, -0.2) is 4.98 Å². The number of nitrogens with zero attached hydrogens (tertiary/aromatic N) is 4. The molecule has 0 bridgehead atoms. The van der Waals surface area contributed by atoms with Crippen molar-refractivity contribution in [1.82, 2.24) is 19.5 Å². The van der Waals surface area contributed by atoms with E-state index in [1.807, 2.05) is 72.8 Å². The summed E-state index contributed by atoms with van der Waals surface area (Å²) in [5.41, 5.74) is 10.7. The SMILES string of the molecule is c1ccc2c(c1)oc1ccc(-c3ccc4c5ccccc5n(-c5nc(-c6ccc7oc8ccccc8c7c6)nc(-c6cccc7c6oc6ccccc67)n5)c4c3)cc12. The molecule has 13 aromatic rings. The van der Waals surface area contributed by atoms with Crippen molar-refractivity contribution < 1.29 is 13.3 Å². The highest BCUT2D eigenvalue weighted by molar-refractivity contribution is 6.12. The highest BCUT2D eigenvalue weighted by atomic mass is 16.3. The van der Waals surface area contributed by atoms with E-state index in [1.54, 1.807) is 0 Å². The Morgan fingerprint density at radius 2 is 0.845 bits per heavy atom. The van der Waals surface area contributed by atoms with Crippen LogP contribution in [0.5, 0.6) is 0 Å². The Balaban J connectivity index is 1.08. The highest BCUT2D eigenvalue weighted by Gasteiger charge is 2.22. The zero-order chi connectivity index (χ0) is 37.9. The van der Waals surface area contributed by atoms with Crippen LogP contribution >= 0.6 is 0 Å². The first-order valence-electron chi connectivity index (χ1n) is 19.3. The number of furan rings is 3. The van der Waals surface area contributed by atoms with Gasteiger partial charge in [0, 0.05) is 48.7 Å². The van der Waals surface area contributed by atoms with Crippen LogP contribution < -0.4 is 0 Å². The predicted molar refractivity (Wildman–Crippen MR) is 232 cm³/mol. The molecule has 0 unspecified atom stereocenters. The molecule has 13 rings (SSSR count). The van der Waals surface area contributed by atoms with E-state index in [0.717, 1.165) is 110 Å². The van der Waals surface area contributed by atoms with Gasteiger partial charge in [0.25, 0.3) is 0 Å². The summed E-state index contributed by atoms with van der Waals surface area (Å²) < 4.78 is 21.1. The monoisotopic (exact) mass is 744 g/mol. The molecule has 58 heavy (non-hydrogen) atoms. The molecule has 0 aliphatic carbocycles. The van der Waals surface area contributed by atoms with E-state index in [2.05, 4.69) is 102 Å². The van der Waals surface area contributed by atoms with Gasteiger partial charge in [-0.3, -0.25) is 4.57 Å². The smallest absolute Gasteiger partial charge is 0.238 e. The van der Waals surface area contributed by atoms with Crippen molar-refractivity contribution in [1.29, 1.82) is 0 Å². The van der Waals surface area contributed by atoms with Crippen molar-refractivity contribution in [2.45, 2.75) is 0 Å². The summed E-state index contributed by atoms with van der Waals surface area (Å²) in [6.07, 6.45) is 0. The van der Waals surface area contributed by atoms with Gasteiger partial charge in [-0.15, -0.1) is 0 Å². The van der Waals surface area contributed by atoms with E-state index < -0.39 is 0 Å². The zero-order valence-corrected chi connectivity index (χ0v) is 30.7. The summed E-state index contributed by atoms with van der Waals surface area (Å²) >= 11 is 0. The standard InChI is InChI=1S/C51H28N4O3/c1-5-16-41-32(10-1)33-23-20-30(29-21-24-46-39(26-29)35-12-3-6-17-43(35)56-46)28-42(33)55(41)51-53-49(31-22-25-47-40(27-31)36-13-4-7-18-44(36)57-47)52-50(54-51)38-15-9-14-37-34-11-2-8-19-45(34)58-48(37)38/h1-28H. The zero-order valence-electron chi connectivity index (χ0n) is 30.7. The second-order valence-corrected chi connectivity index (χ2v) is 14.8. The van der Waals surface area contributed by atoms with Crippen LogP contribution in [-0.4, -0.2) is 19.5 Å². The number of fused-ring (bicyclic) bond motifs is 12. The second kappa shape index (κ2) is 11.7. The van der Waals surface area contributed by atoms with E-state index in [4.69, 9.17) is 28.2 Å². The van der Waals surface area contributed by atoms with Gasteiger partial charge >= 0.3 is 0 Å². The first-order chi connectivity index (χ1) is 28.7. The predicted octanol–water partition coefficient (Wildman–Crippen LogP) is 13.7. The Morgan fingerprint density at radius 3 is 1.59 bits per heavy atom. The number of aromatic nitrogens is 4. The third kappa shape index (κ3) is 4.52. The van der Waals surface area contributed by atoms with Crippen molar-refractivity contribution in [2.24, 2.45) is 0 Å². The van der Waals surface area contributed by atoms with Crippen molar-refractivity contribution in [3.63, 3.8) is 0 Å². The molecule has 0 aliphatic rings. The number of hydrogen-bond donors (Lipinski definition) is 0. The van der Waals surface area contributed by atoms with Gasteiger partial charge in [0.05, 0.1) is 16.6 Å². The summed E-state index contributed by atoms with van der Waals surface area (Å²) in [4.78, 5) is 15.8. The highest BCUT2D eigenvalue weighted by Crippen LogP contribution is 2.40. The fourth-order valence-corrected chi connectivity index (χ4v) is 8.77. The lowest BCUT2D eigenvalue weighted by Crippen LogP contribution is -2.06. The summed E-state index contributed by atoms with van der Waals surface area (Å²) in [5, 5.41) is 8.48. The molecule has 7 nitrogen and oxygen atoms in total. The molecule has 0 aliphatic heterocycles. The lowest BCUT2D eigenvalue weighted by molar-refractivity contribution is 0.668. The minimum Gasteiger partial charge on any atom is -0.456 e. The topological polar surface area (TPSA) is 83.0 Å². The fraction of sp³-hybridized carbons (Fsp3) is 0. The van der Waals surface area contributed by atoms with E-state index >= 15 is 0 Å². The molecule has 0 saturated carbocycles. The lowest BCUT2D eigenvalue weighted by Gasteiger charge is -2.12. The molecule has 0 amide bonds. The normalized spacial score (nSPS) is 12.1. The molecule has 0 fully saturated rings. The molecule has 8 aromatic carbocycles. The van der Waals surface area contributed by atoms with Crippen LogP contribution in [0.2, 0.25) is 0 Å². The van der Waals surface area contributed by atoms with Crippen molar-refractivity contribution >= 4 is 87.6 Å². The molecule has 0 radical (unpaired) electrons. The summed E-state index contributed by atoms with van der Waals surface area (Å²) in [6.45, 7) is 0. The number of benzene rings is 8. The van der Waals surface area contributed by atoms with Crippen LogP contribution in [0.3, 0.4) is 0 Å². The van der Waals surface area contributed by atoms with Gasteiger partial charge in [-0.2, -0.15) is 9.97 Å². The molecule has 0 N–H and O–H groups in total. The maximum absolute atomic E-state index is 6.54. The average molecular weight is 745 g/mol. The van der Waals surface area contributed by atoms with Gasteiger partial charge in [0.15, 0.2) is 11.6 Å². The van der Waals surface area contributed by atoms with Crippen molar-refractivity contribution in [3.05, 3.63) is 170 Å². The average Bonchev–Trinajstić information content (AvgIpc) is 4.04. The van der Waals surface area contributed by atoms with Gasteiger partial charge in [-0.1, -0.05) is 103 Å². The first-order valence-corrected chi connectivity index (χ1v) is 19.3. The Hall–Kier alpha value is -8.03. The van der Waals surface area contributed by atoms with Crippen molar-refractivity contribution in [2.75, 3.05) is 0 Å². The Morgan fingerprint density at radius 1 is 0.328 bits per heavy atom. The molecule has 5 aromatic heterocycles. The van der Waals surface area contributed by atoms with E-state index in [0.29, 0.717) is 17.6 Å². The van der Waals surface area contributed by atoms with Crippen molar-refractivity contribution in [3.8, 4) is 39.9 Å². The van der Waals surface area contributed by atoms with Crippen LogP contribution in [0.15, 0.2) is 183 Å². The third-order valence-corrected chi connectivity index (χ3v) is 11.5. The van der Waals surface area contributed by atoms with E-state index in [9.17, 15) is 0 Å². The Kier molecular flexibility index (Phi) is 6.32. The van der Waals surface area contributed by atoms with Crippen LogP contribution in [0.25, 0.3) is 127 Å². The molecular formula is C51H28N4O3. The molecule has 0 spiro atoms. The molecule has 0 atom stereocenters. The summed E-state index contributed by atoms with van der Waals surface area (Å²) in [5.74, 6) is 1.56. The first kappa shape index (κ1) is 31.2. The molecule has 270 valence electrons. The molecule has 7 heteroatoms. The minimum atomic E-state index is 0.505. The largest absolute Gasteiger partial charge is 0.456 e. The van der Waals surface area contributed by atoms with Crippen LogP contribution in [0.4, 0.5) is 0 Å². The maximum atomic E-state index is 6.54. The maximum Gasteiger partial charge on any atom is 0.238 e. The van der Waals surface area contributed by atoms with E-state index in [-0.39, 0.29) is 0 Å². The molecular weight excluding hydrogens is 717 g/mol.